The topological polar surface area (TPSA) is 55.7 Å². The summed E-state index contributed by atoms with van der Waals surface area (Å²) in [6.45, 7) is 1.27. The lowest BCUT2D eigenvalue weighted by Gasteiger charge is -2.24. The number of halogens is 1. The monoisotopic (exact) mass is 396 g/mol. The molecule has 1 N–H and O–H groups in total. The minimum absolute atomic E-state index is 0.489. The van der Waals surface area contributed by atoms with Gasteiger partial charge in [-0.05, 0) is 40.8 Å². The van der Waals surface area contributed by atoms with Gasteiger partial charge in [-0.25, -0.2) is 19.7 Å². The summed E-state index contributed by atoms with van der Waals surface area (Å²) in [7, 11) is -0.506. The molecule has 3 aromatic rings. The molecule has 0 saturated carbocycles. The molecule has 0 radical (unpaired) electrons. The van der Waals surface area contributed by atoms with E-state index >= 15 is 0 Å². The van der Waals surface area contributed by atoms with E-state index in [9.17, 15) is 0 Å². The molecule has 0 spiro atoms. The molecular formula is C16H21BrN4OS. The Morgan fingerprint density at radius 2 is 2.13 bits per heavy atom. The van der Waals surface area contributed by atoms with Crippen molar-refractivity contribution in [2.24, 2.45) is 0 Å². The Morgan fingerprint density at radius 1 is 1.30 bits per heavy atom. The van der Waals surface area contributed by atoms with E-state index in [-0.39, 0.29) is 0 Å². The summed E-state index contributed by atoms with van der Waals surface area (Å²) in [5.74, 6) is 1.12. The maximum Gasteiger partial charge on any atom is 0.139 e. The Hall–Kier alpha value is -1.31. The van der Waals surface area contributed by atoms with Crippen molar-refractivity contribution in [1.29, 1.82) is 0 Å². The van der Waals surface area contributed by atoms with Crippen molar-refractivity contribution in [3.8, 4) is 11.1 Å². The second kappa shape index (κ2) is 6.67. The lowest BCUT2D eigenvalue weighted by atomic mass is 10.1. The van der Waals surface area contributed by atoms with Gasteiger partial charge in [0.2, 0.25) is 0 Å². The fraction of sp³-hybridized carbons (Fsp3) is 0.375. The molecule has 0 aromatic carbocycles. The molecule has 124 valence electrons. The van der Waals surface area contributed by atoms with Crippen LogP contribution in [0.3, 0.4) is 0 Å². The number of rotatable bonds is 6. The standard InChI is InChI=1S/C16H21BrN4OS/c1-23(2,3)5-4-22-11-21-10-12(7-20-21)14-8-18-15-9-19-16(17)6-13(14)15/h6-10,18H,4-5,11H2,1-3H3. The number of nitrogens with one attached hydrogen (secondary N) is 1. The largest absolute Gasteiger partial charge is 0.359 e. The minimum Gasteiger partial charge on any atom is -0.359 e. The van der Waals surface area contributed by atoms with E-state index in [1.165, 1.54) is 0 Å². The van der Waals surface area contributed by atoms with Crippen LogP contribution in [-0.2, 0) is 11.5 Å². The molecule has 0 aliphatic heterocycles. The van der Waals surface area contributed by atoms with Gasteiger partial charge in [0, 0.05) is 34.7 Å². The summed E-state index contributed by atoms with van der Waals surface area (Å²) in [5, 5.41) is 5.52. The van der Waals surface area contributed by atoms with E-state index in [0.717, 1.165) is 39.0 Å². The molecule has 3 heterocycles. The van der Waals surface area contributed by atoms with Crippen molar-refractivity contribution in [3.05, 3.63) is 35.5 Å². The molecule has 3 rings (SSSR count). The van der Waals surface area contributed by atoms with Crippen LogP contribution in [-0.4, -0.2) is 50.9 Å². The highest BCUT2D eigenvalue weighted by atomic mass is 79.9. The zero-order chi connectivity index (χ0) is 16.4. The fourth-order valence-electron chi connectivity index (χ4n) is 2.27. The summed E-state index contributed by atoms with van der Waals surface area (Å²) < 4.78 is 8.39. The highest BCUT2D eigenvalue weighted by molar-refractivity contribution is 9.10. The summed E-state index contributed by atoms with van der Waals surface area (Å²) >= 11 is 3.42. The third-order valence-electron chi connectivity index (χ3n) is 3.54. The molecule has 0 unspecified atom stereocenters. The molecule has 0 saturated heterocycles. The van der Waals surface area contributed by atoms with Crippen molar-refractivity contribution in [3.63, 3.8) is 0 Å². The molecule has 7 heteroatoms. The van der Waals surface area contributed by atoms with Gasteiger partial charge in [-0.15, -0.1) is 0 Å². The van der Waals surface area contributed by atoms with Crippen LogP contribution in [0, 0.1) is 0 Å². The van der Waals surface area contributed by atoms with Crippen LogP contribution in [0.4, 0.5) is 0 Å². The molecule has 23 heavy (non-hydrogen) atoms. The molecule has 5 nitrogen and oxygen atoms in total. The van der Waals surface area contributed by atoms with E-state index in [1.807, 2.05) is 35.5 Å². The molecule has 0 bridgehead atoms. The first-order valence-electron chi connectivity index (χ1n) is 7.31. The number of hydrogen-bond donors (Lipinski definition) is 1. The zero-order valence-corrected chi connectivity index (χ0v) is 15.9. The number of pyridine rings is 1. The normalized spacial score (nSPS) is 12.9. The highest BCUT2D eigenvalue weighted by Gasteiger charge is 2.09. The van der Waals surface area contributed by atoms with Gasteiger partial charge in [0.05, 0.1) is 24.5 Å². The van der Waals surface area contributed by atoms with Crippen LogP contribution in [0.1, 0.15) is 0 Å². The average molecular weight is 397 g/mol. The molecule has 3 aromatic heterocycles. The van der Waals surface area contributed by atoms with Gasteiger partial charge in [-0.1, -0.05) is 0 Å². The minimum atomic E-state index is -0.506. The predicted molar refractivity (Wildman–Crippen MR) is 101 cm³/mol. The van der Waals surface area contributed by atoms with Gasteiger partial charge in [0.1, 0.15) is 11.3 Å². The molecule has 0 amide bonds. The predicted octanol–water partition coefficient (Wildman–Crippen LogP) is 3.86. The zero-order valence-electron chi connectivity index (χ0n) is 13.5. The van der Waals surface area contributed by atoms with E-state index in [4.69, 9.17) is 4.74 Å². The molecular weight excluding hydrogens is 376 g/mol. The molecule has 0 aliphatic carbocycles. The van der Waals surface area contributed by atoms with Crippen LogP contribution in [0.2, 0.25) is 0 Å². The first-order valence-corrected chi connectivity index (χ1v) is 11.1. The maximum absolute atomic E-state index is 5.73. The van der Waals surface area contributed by atoms with Crippen molar-refractivity contribution in [1.82, 2.24) is 19.7 Å². The van der Waals surface area contributed by atoms with Crippen LogP contribution < -0.4 is 0 Å². The van der Waals surface area contributed by atoms with E-state index in [2.05, 4.69) is 49.8 Å². The maximum atomic E-state index is 5.73. The van der Waals surface area contributed by atoms with Gasteiger partial charge in [0.15, 0.2) is 0 Å². The molecule has 0 atom stereocenters. The Labute approximate surface area is 145 Å². The van der Waals surface area contributed by atoms with Gasteiger partial charge in [0.25, 0.3) is 0 Å². The average Bonchev–Trinajstić information content (AvgIpc) is 3.08. The molecule has 0 fully saturated rings. The number of nitrogens with zero attached hydrogens (tertiary/aromatic N) is 3. The van der Waals surface area contributed by atoms with Gasteiger partial charge >= 0.3 is 0 Å². The smallest absolute Gasteiger partial charge is 0.139 e. The van der Waals surface area contributed by atoms with Crippen LogP contribution in [0.15, 0.2) is 35.5 Å². The number of H-pyrrole nitrogens is 1. The Kier molecular flexibility index (Phi) is 4.79. The first kappa shape index (κ1) is 16.5. The Bertz CT molecular complexity index is 806. The number of ether oxygens (including phenoxy) is 1. The Morgan fingerprint density at radius 3 is 2.91 bits per heavy atom. The second-order valence-corrected chi connectivity index (χ2v) is 11.8. The van der Waals surface area contributed by atoms with Crippen molar-refractivity contribution >= 4 is 36.9 Å². The SMILES string of the molecule is CS(C)(C)CCOCn1cc(-c2c[nH]c3cnc(Br)cc23)cn1. The molecule has 0 aliphatic rings. The summed E-state index contributed by atoms with van der Waals surface area (Å²) in [6.07, 6.45) is 14.6. The second-order valence-electron chi connectivity index (χ2n) is 6.36. The number of hydrogen-bond acceptors (Lipinski definition) is 3. The third-order valence-corrected chi connectivity index (χ3v) is 5.37. The van der Waals surface area contributed by atoms with Gasteiger partial charge < -0.3 is 9.72 Å². The van der Waals surface area contributed by atoms with E-state index in [1.54, 1.807) is 0 Å². The number of aromatic nitrogens is 4. The summed E-state index contributed by atoms with van der Waals surface area (Å²) in [5.41, 5.74) is 3.20. The lowest BCUT2D eigenvalue weighted by molar-refractivity contribution is 0.0809. The van der Waals surface area contributed by atoms with Crippen molar-refractivity contribution in [2.75, 3.05) is 31.1 Å². The van der Waals surface area contributed by atoms with E-state index < -0.39 is 10.0 Å². The van der Waals surface area contributed by atoms with Crippen LogP contribution in [0.25, 0.3) is 22.0 Å². The summed E-state index contributed by atoms with van der Waals surface area (Å²) in [6, 6.07) is 2.01. The highest BCUT2D eigenvalue weighted by Crippen LogP contribution is 2.33. The number of aromatic amines is 1. The quantitative estimate of drug-likeness (QED) is 0.508. The van der Waals surface area contributed by atoms with Crippen molar-refractivity contribution < 1.29 is 4.74 Å². The van der Waals surface area contributed by atoms with E-state index in [0.29, 0.717) is 6.73 Å². The lowest BCUT2D eigenvalue weighted by Crippen LogP contribution is -2.10. The van der Waals surface area contributed by atoms with Gasteiger partial charge in [-0.2, -0.15) is 5.10 Å². The Balaban J connectivity index is 1.70. The van der Waals surface area contributed by atoms with Crippen LogP contribution >= 0.6 is 26.0 Å². The van der Waals surface area contributed by atoms with Gasteiger partial charge in [-0.3, -0.25) is 0 Å². The fourth-order valence-corrected chi connectivity index (χ4v) is 3.22. The first-order chi connectivity index (χ1) is 10.9. The number of fused-ring (bicyclic) bond motifs is 1. The third kappa shape index (κ3) is 4.16. The van der Waals surface area contributed by atoms with Crippen molar-refractivity contribution in [2.45, 2.75) is 6.73 Å². The summed E-state index contributed by atoms with van der Waals surface area (Å²) in [4.78, 5) is 7.48. The van der Waals surface area contributed by atoms with Crippen LogP contribution in [0.5, 0.6) is 0 Å².